The standard InChI is InChI=1S/C33H42F2O/c1-4-6-7-8-9-10-24-36-31-23-22-30(32(34)33(31)35)29-20-18-28(19-21-29)27-16-14-26(15-17-27)13-11-12-25(3)5-2/h14-23,25H,4-13,24H2,1-3H3. The molecule has 0 saturated carbocycles. The van der Waals surface area contributed by atoms with Crippen molar-refractivity contribution in [2.75, 3.05) is 6.61 Å². The molecule has 0 bridgehead atoms. The maximum absolute atomic E-state index is 14.8. The highest BCUT2D eigenvalue weighted by Gasteiger charge is 2.16. The van der Waals surface area contributed by atoms with E-state index in [2.05, 4.69) is 45.0 Å². The molecule has 194 valence electrons. The molecule has 0 fully saturated rings. The molecule has 3 heteroatoms. The summed E-state index contributed by atoms with van der Waals surface area (Å²) >= 11 is 0. The van der Waals surface area contributed by atoms with Crippen LogP contribution in [0.5, 0.6) is 5.75 Å². The molecule has 0 aliphatic carbocycles. The van der Waals surface area contributed by atoms with Gasteiger partial charge in [0.1, 0.15) is 0 Å². The van der Waals surface area contributed by atoms with Gasteiger partial charge in [-0.1, -0.05) is 114 Å². The lowest BCUT2D eigenvalue weighted by molar-refractivity contribution is 0.285. The van der Waals surface area contributed by atoms with Crippen molar-refractivity contribution in [2.45, 2.75) is 85.0 Å². The number of hydrogen-bond donors (Lipinski definition) is 0. The second kappa shape index (κ2) is 14.8. The summed E-state index contributed by atoms with van der Waals surface area (Å²) < 4.78 is 35.0. The molecule has 0 radical (unpaired) electrons. The van der Waals surface area contributed by atoms with Crippen LogP contribution in [0.1, 0.15) is 84.1 Å². The van der Waals surface area contributed by atoms with E-state index in [9.17, 15) is 8.78 Å². The fourth-order valence-electron chi connectivity index (χ4n) is 4.50. The maximum atomic E-state index is 14.8. The minimum Gasteiger partial charge on any atom is -0.490 e. The molecule has 1 nitrogen and oxygen atoms in total. The third kappa shape index (κ3) is 8.18. The predicted octanol–water partition coefficient (Wildman–Crippen LogP) is 10.4. The number of unbranched alkanes of at least 4 members (excludes halogenated alkanes) is 5. The smallest absolute Gasteiger partial charge is 0.201 e. The molecule has 0 amide bonds. The zero-order valence-corrected chi connectivity index (χ0v) is 22.3. The molecule has 3 rings (SSSR count). The van der Waals surface area contributed by atoms with Gasteiger partial charge in [0.15, 0.2) is 11.6 Å². The zero-order valence-electron chi connectivity index (χ0n) is 22.3. The SMILES string of the molecule is CCCCCCCCOc1ccc(-c2ccc(-c3ccc(CCCC(C)CC)cc3)cc2)c(F)c1F. The van der Waals surface area contributed by atoms with Crippen molar-refractivity contribution in [3.63, 3.8) is 0 Å². The maximum Gasteiger partial charge on any atom is 0.201 e. The Hall–Kier alpha value is -2.68. The summed E-state index contributed by atoms with van der Waals surface area (Å²) in [5.41, 5.74) is 4.44. The normalized spacial score (nSPS) is 12.0. The van der Waals surface area contributed by atoms with Crippen LogP contribution in [-0.2, 0) is 6.42 Å². The van der Waals surface area contributed by atoms with Gasteiger partial charge in [0.2, 0.25) is 5.82 Å². The van der Waals surface area contributed by atoms with E-state index in [0.717, 1.165) is 42.7 Å². The summed E-state index contributed by atoms with van der Waals surface area (Å²) in [4.78, 5) is 0. The van der Waals surface area contributed by atoms with E-state index in [1.54, 1.807) is 12.1 Å². The number of benzene rings is 3. The topological polar surface area (TPSA) is 9.23 Å². The summed E-state index contributed by atoms with van der Waals surface area (Å²) in [7, 11) is 0. The van der Waals surface area contributed by atoms with E-state index in [1.807, 2.05) is 24.3 Å². The van der Waals surface area contributed by atoms with Gasteiger partial charge in [0.25, 0.3) is 0 Å². The molecule has 36 heavy (non-hydrogen) atoms. The molecule has 0 spiro atoms. The highest BCUT2D eigenvalue weighted by molar-refractivity contribution is 5.71. The first-order valence-electron chi connectivity index (χ1n) is 13.8. The van der Waals surface area contributed by atoms with Crippen LogP contribution < -0.4 is 4.74 Å². The molecule has 0 aliphatic rings. The van der Waals surface area contributed by atoms with E-state index < -0.39 is 11.6 Å². The fourth-order valence-corrected chi connectivity index (χ4v) is 4.50. The summed E-state index contributed by atoms with van der Waals surface area (Å²) in [6, 6.07) is 19.5. The van der Waals surface area contributed by atoms with E-state index in [0.29, 0.717) is 12.2 Å². The Morgan fingerprint density at radius 1 is 0.667 bits per heavy atom. The highest BCUT2D eigenvalue weighted by atomic mass is 19.2. The molecule has 3 aromatic rings. The van der Waals surface area contributed by atoms with Crippen LogP contribution in [0.15, 0.2) is 60.7 Å². The first-order valence-corrected chi connectivity index (χ1v) is 13.8. The van der Waals surface area contributed by atoms with Crippen LogP contribution in [0, 0.1) is 17.6 Å². The molecule has 0 aromatic heterocycles. The van der Waals surface area contributed by atoms with Gasteiger partial charge in [-0.2, -0.15) is 4.39 Å². The fraction of sp³-hybridized carbons (Fsp3) is 0.455. The Labute approximate surface area is 216 Å². The van der Waals surface area contributed by atoms with Crippen LogP contribution in [0.4, 0.5) is 8.78 Å². The summed E-state index contributed by atoms with van der Waals surface area (Å²) in [5, 5.41) is 0. The molecule has 3 aromatic carbocycles. The molecular formula is C33H42F2O. The van der Waals surface area contributed by atoms with Gasteiger partial charge in [-0.05, 0) is 59.6 Å². The Morgan fingerprint density at radius 3 is 1.94 bits per heavy atom. The van der Waals surface area contributed by atoms with Crippen LogP contribution in [0.25, 0.3) is 22.3 Å². The van der Waals surface area contributed by atoms with Crippen LogP contribution >= 0.6 is 0 Å². The minimum absolute atomic E-state index is 0.00864. The summed E-state index contributed by atoms with van der Waals surface area (Å²) in [6.45, 7) is 7.16. The Balaban J connectivity index is 1.57. The molecule has 0 N–H and O–H groups in total. The van der Waals surface area contributed by atoms with Crippen molar-refractivity contribution < 1.29 is 13.5 Å². The molecule has 0 heterocycles. The number of hydrogen-bond acceptors (Lipinski definition) is 1. The van der Waals surface area contributed by atoms with Gasteiger partial charge in [-0.15, -0.1) is 0 Å². The van der Waals surface area contributed by atoms with Crippen molar-refractivity contribution in [3.05, 3.63) is 77.9 Å². The van der Waals surface area contributed by atoms with Gasteiger partial charge in [0, 0.05) is 5.56 Å². The minimum atomic E-state index is -0.911. The molecule has 0 saturated heterocycles. The molecule has 0 aliphatic heterocycles. The Bertz CT molecular complexity index is 1040. The van der Waals surface area contributed by atoms with Gasteiger partial charge in [-0.25, -0.2) is 4.39 Å². The second-order valence-corrected chi connectivity index (χ2v) is 10.0. The highest BCUT2D eigenvalue weighted by Crippen LogP contribution is 2.31. The number of halogens is 2. The van der Waals surface area contributed by atoms with E-state index in [4.69, 9.17) is 4.74 Å². The van der Waals surface area contributed by atoms with Crippen molar-refractivity contribution in [1.82, 2.24) is 0 Å². The van der Waals surface area contributed by atoms with E-state index in [-0.39, 0.29) is 11.3 Å². The molecule has 1 unspecified atom stereocenters. The van der Waals surface area contributed by atoms with Gasteiger partial charge >= 0.3 is 0 Å². The Morgan fingerprint density at radius 2 is 1.28 bits per heavy atom. The van der Waals surface area contributed by atoms with E-state index >= 15 is 0 Å². The van der Waals surface area contributed by atoms with Crippen LogP contribution in [0.2, 0.25) is 0 Å². The van der Waals surface area contributed by atoms with Crippen molar-refractivity contribution in [1.29, 1.82) is 0 Å². The number of aryl methyl sites for hydroxylation is 1. The zero-order chi connectivity index (χ0) is 25.8. The van der Waals surface area contributed by atoms with Gasteiger partial charge < -0.3 is 4.74 Å². The number of ether oxygens (including phenoxy) is 1. The predicted molar refractivity (Wildman–Crippen MR) is 148 cm³/mol. The summed E-state index contributed by atoms with van der Waals surface area (Å²) in [6.07, 6.45) is 11.6. The number of rotatable bonds is 15. The van der Waals surface area contributed by atoms with Crippen molar-refractivity contribution in [2.24, 2.45) is 5.92 Å². The monoisotopic (exact) mass is 492 g/mol. The Kier molecular flexibility index (Phi) is 11.5. The first-order chi connectivity index (χ1) is 17.5. The van der Waals surface area contributed by atoms with Gasteiger partial charge in [0.05, 0.1) is 6.61 Å². The lowest BCUT2D eigenvalue weighted by Gasteiger charge is -2.11. The van der Waals surface area contributed by atoms with Gasteiger partial charge in [-0.3, -0.25) is 0 Å². The molecular weight excluding hydrogens is 450 g/mol. The average Bonchev–Trinajstić information content (AvgIpc) is 2.91. The second-order valence-electron chi connectivity index (χ2n) is 10.0. The van der Waals surface area contributed by atoms with E-state index in [1.165, 1.54) is 44.1 Å². The third-order valence-corrected chi connectivity index (χ3v) is 7.14. The lowest BCUT2D eigenvalue weighted by atomic mass is 9.97. The summed E-state index contributed by atoms with van der Waals surface area (Å²) in [5.74, 6) is -0.989. The largest absolute Gasteiger partial charge is 0.490 e. The first kappa shape index (κ1) is 27.9. The lowest BCUT2D eigenvalue weighted by Crippen LogP contribution is -2.01. The molecule has 1 atom stereocenters. The van der Waals surface area contributed by atoms with Crippen LogP contribution in [-0.4, -0.2) is 6.61 Å². The quantitative estimate of drug-likeness (QED) is 0.192. The third-order valence-electron chi connectivity index (χ3n) is 7.14. The van der Waals surface area contributed by atoms with Crippen molar-refractivity contribution >= 4 is 0 Å². The average molecular weight is 493 g/mol. The van der Waals surface area contributed by atoms with Crippen molar-refractivity contribution in [3.8, 4) is 28.0 Å². The van der Waals surface area contributed by atoms with Crippen LogP contribution in [0.3, 0.4) is 0 Å².